The summed E-state index contributed by atoms with van der Waals surface area (Å²) in [7, 11) is 2.71. The Morgan fingerprint density at radius 1 is 1.21 bits per heavy atom. The summed E-state index contributed by atoms with van der Waals surface area (Å²) in [5.74, 6) is 0.157. The number of hydrogen-bond donors (Lipinski definition) is 0. The lowest BCUT2D eigenvalue weighted by Gasteiger charge is -2.41. The molecule has 7 nitrogen and oxygen atoms in total. The minimum Gasteiger partial charge on any atom is -0.354 e. The third kappa shape index (κ3) is 3.31. The molecule has 1 atom stereocenters. The first kappa shape index (κ1) is 18.1. The van der Waals surface area contributed by atoms with Gasteiger partial charge in [0.15, 0.2) is 5.56 Å². The van der Waals surface area contributed by atoms with Crippen molar-refractivity contribution in [3.05, 3.63) is 26.4 Å². The van der Waals surface area contributed by atoms with Crippen molar-refractivity contribution in [3.63, 3.8) is 0 Å². The van der Waals surface area contributed by atoms with Crippen LogP contribution >= 0.6 is 0 Å². The lowest BCUT2D eigenvalue weighted by Crippen LogP contribution is -2.56. The molecule has 2 heterocycles. The summed E-state index contributed by atoms with van der Waals surface area (Å²) in [5, 5.41) is 9.28. The number of aromatic nitrogens is 2. The molecule has 1 aliphatic rings. The quantitative estimate of drug-likeness (QED) is 0.756. The summed E-state index contributed by atoms with van der Waals surface area (Å²) < 4.78 is 39.8. The van der Waals surface area contributed by atoms with Crippen LogP contribution in [0.15, 0.2) is 9.59 Å². The highest BCUT2D eigenvalue weighted by Crippen LogP contribution is 2.23. The number of nitriles is 1. The molecule has 10 heteroatoms. The smallest absolute Gasteiger partial charge is 0.354 e. The molecule has 0 radical (unpaired) electrons. The normalized spacial score (nSPS) is 19.4. The molecule has 1 unspecified atom stereocenters. The predicted molar refractivity (Wildman–Crippen MR) is 80.9 cm³/mol. The van der Waals surface area contributed by atoms with E-state index < -0.39 is 30.0 Å². The fourth-order valence-electron chi connectivity index (χ4n) is 2.95. The second kappa shape index (κ2) is 6.32. The van der Waals surface area contributed by atoms with Crippen LogP contribution in [0.25, 0.3) is 0 Å². The van der Waals surface area contributed by atoms with E-state index in [0.29, 0.717) is 0 Å². The molecule has 1 aromatic rings. The lowest BCUT2D eigenvalue weighted by atomic mass is 10.1. The van der Waals surface area contributed by atoms with Crippen molar-refractivity contribution in [3.8, 4) is 6.07 Å². The van der Waals surface area contributed by atoms with Crippen molar-refractivity contribution >= 4 is 5.82 Å². The minimum absolute atomic E-state index is 0.120. The van der Waals surface area contributed by atoms with E-state index in [1.54, 1.807) is 17.9 Å². The van der Waals surface area contributed by atoms with E-state index in [0.717, 1.165) is 4.57 Å². The molecule has 24 heavy (non-hydrogen) atoms. The second-order valence-corrected chi connectivity index (χ2v) is 5.90. The molecule has 0 saturated carbocycles. The highest BCUT2D eigenvalue weighted by molar-refractivity contribution is 5.54. The van der Waals surface area contributed by atoms with Gasteiger partial charge in [0.25, 0.3) is 5.56 Å². The van der Waals surface area contributed by atoms with E-state index in [-0.39, 0.29) is 31.0 Å². The van der Waals surface area contributed by atoms with Gasteiger partial charge in [0.2, 0.25) is 0 Å². The van der Waals surface area contributed by atoms with E-state index in [2.05, 4.69) is 0 Å². The number of nitrogens with zero attached hydrogens (tertiary/aromatic N) is 5. The fraction of sp³-hybridized carbons (Fsp3) is 0.643. The van der Waals surface area contributed by atoms with E-state index in [1.165, 1.54) is 23.6 Å². The largest absolute Gasteiger partial charge is 0.401 e. The van der Waals surface area contributed by atoms with Crippen LogP contribution in [0.3, 0.4) is 0 Å². The van der Waals surface area contributed by atoms with Gasteiger partial charge in [-0.1, -0.05) is 0 Å². The topological polar surface area (TPSA) is 74.3 Å². The molecule has 0 aliphatic carbocycles. The Labute approximate surface area is 136 Å². The Balaban J connectivity index is 2.38. The monoisotopic (exact) mass is 345 g/mol. The van der Waals surface area contributed by atoms with Crippen LogP contribution in [0.2, 0.25) is 0 Å². The molecule has 0 bridgehead atoms. The van der Waals surface area contributed by atoms with Gasteiger partial charge in [0.1, 0.15) is 11.9 Å². The number of piperazine rings is 1. The SMILES string of the molecule is CC1CN(c2c(C#N)c(=O)n(C)c(=O)n2C)CCN1CC(F)(F)F. The van der Waals surface area contributed by atoms with E-state index in [4.69, 9.17) is 0 Å². The van der Waals surface area contributed by atoms with Gasteiger partial charge in [-0.05, 0) is 6.92 Å². The fourth-order valence-corrected chi connectivity index (χ4v) is 2.95. The Morgan fingerprint density at radius 2 is 1.83 bits per heavy atom. The average Bonchev–Trinajstić information content (AvgIpc) is 2.49. The van der Waals surface area contributed by atoms with Crippen LogP contribution in [0, 0.1) is 11.3 Å². The molecule has 0 spiro atoms. The number of rotatable bonds is 2. The summed E-state index contributed by atoms with van der Waals surface area (Å²) in [6.45, 7) is 1.13. The molecular weight excluding hydrogens is 327 g/mol. The van der Waals surface area contributed by atoms with E-state index >= 15 is 0 Å². The molecule has 0 N–H and O–H groups in total. The Morgan fingerprint density at radius 3 is 2.33 bits per heavy atom. The van der Waals surface area contributed by atoms with Crippen molar-refractivity contribution in [1.29, 1.82) is 5.26 Å². The number of hydrogen-bond acceptors (Lipinski definition) is 5. The minimum atomic E-state index is -4.29. The number of anilines is 1. The third-order valence-electron chi connectivity index (χ3n) is 4.19. The highest BCUT2D eigenvalue weighted by Gasteiger charge is 2.36. The molecule has 0 amide bonds. The van der Waals surface area contributed by atoms with Gasteiger partial charge in [0.05, 0.1) is 6.54 Å². The van der Waals surface area contributed by atoms with Gasteiger partial charge < -0.3 is 4.90 Å². The zero-order valence-electron chi connectivity index (χ0n) is 13.6. The Hall–Kier alpha value is -2.28. The van der Waals surface area contributed by atoms with Crippen molar-refractivity contribution in [1.82, 2.24) is 14.0 Å². The van der Waals surface area contributed by atoms with Gasteiger partial charge in [0, 0.05) is 39.8 Å². The van der Waals surface area contributed by atoms with Crippen LogP contribution in [-0.2, 0) is 14.1 Å². The highest BCUT2D eigenvalue weighted by atomic mass is 19.4. The maximum absolute atomic E-state index is 12.6. The van der Waals surface area contributed by atoms with Crippen molar-refractivity contribution in [2.24, 2.45) is 14.1 Å². The summed E-state index contributed by atoms with van der Waals surface area (Å²) in [6.07, 6.45) is -4.29. The summed E-state index contributed by atoms with van der Waals surface area (Å²) in [5.41, 5.74) is -1.48. The van der Waals surface area contributed by atoms with Crippen LogP contribution in [0.4, 0.5) is 19.0 Å². The maximum atomic E-state index is 12.6. The summed E-state index contributed by atoms with van der Waals surface area (Å²) in [6, 6.07) is 1.37. The number of halogens is 3. The standard InChI is InChI=1S/C14H18F3N5O2/c1-9-7-21(4-5-22(9)8-14(15,16)17)11-10(6-18)12(23)20(3)13(24)19(11)2/h9H,4-5,7-8H2,1-3H3. The number of alkyl halides is 3. The van der Waals surface area contributed by atoms with Gasteiger partial charge in [-0.15, -0.1) is 0 Å². The van der Waals surface area contributed by atoms with Gasteiger partial charge >= 0.3 is 11.9 Å². The van der Waals surface area contributed by atoms with Crippen LogP contribution in [0.1, 0.15) is 12.5 Å². The maximum Gasteiger partial charge on any atom is 0.401 e. The summed E-state index contributed by atoms with van der Waals surface area (Å²) in [4.78, 5) is 27.1. The van der Waals surface area contributed by atoms with E-state index in [1.807, 2.05) is 0 Å². The Kier molecular flexibility index (Phi) is 4.75. The van der Waals surface area contributed by atoms with Crippen molar-refractivity contribution in [2.45, 2.75) is 19.1 Å². The van der Waals surface area contributed by atoms with Crippen LogP contribution in [-0.4, -0.2) is 52.4 Å². The third-order valence-corrected chi connectivity index (χ3v) is 4.19. The average molecular weight is 345 g/mol. The van der Waals surface area contributed by atoms with Crippen molar-refractivity contribution in [2.75, 3.05) is 31.1 Å². The first-order chi connectivity index (χ1) is 11.1. The zero-order valence-corrected chi connectivity index (χ0v) is 13.6. The van der Waals surface area contributed by atoms with Crippen LogP contribution in [0.5, 0.6) is 0 Å². The molecule has 132 valence electrons. The van der Waals surface area contributed by atoms with Gasteiger partial charge in [-0.25, -0.2) is 4.79 Å². The zero-order chi connectivity index (χ0) is 18.2. The first-order valence-corrected chi connectivity index (χ1v) is 7.32. The molecule has 1 aromatic heterocycles. The molecule has 1 saturated heterocycles. The predicted octanol–water partition coefficient (Wildman–Crippen LogP) is 0.0285. The molecule has 1 aliphatic heterocycles. The van der Waals surface area contributed by atoms with Crippen LogP contribution < -0.4 is 16.1 Å². The van der Waals surface area contributed by atoms with Gasteiger partial charge in [-0.2, -0.15) is 18.4 Å². The molecule has 0 aromatic carbocycles. The second-order valence-electron chi connectivity index (χ2n) is 5.90. The summed E-state index contributed by atoms with van der Waals surface area (Å²) >= 11 is 0. The molecule has 2 rings (SSSR count). The van der Waals surface area contributed by atoms with Crippen molar-refractivity contribution < 1.29 is 13.2 Å². The Bertz CT molecular complexity index is 790. The molecule has 1 fully saturated rings. The van der Waals surface area contributed by atoms with E-state index in [9.17, 15) is 28.0 Å². The van der Waals surface area contributed by atoms with Gasteiger partial charge in [-0.3, -0.25) is 18.8 Å². The first-order valence-electron chi connectivity index (χ1n) is 7.32. The molecular formula is C14H18F3N5O2. The lowest BCUT2D eigenvalue weighted by molar-refractivity contribution is -0.150.